The van der Waals surface area contributed by atoms with E-state index < -0.39 is 0 Å². The van der Waals surface area contributed by atoms with Crippen molar-refractivity contribution in [1.29, 1.82) is 0 Å². The van der Waals surface area contributed by atoms with Crippen LogP contribution in [0, 0.1) is 6.92 Å². The number of carbonyl (C=O) groups excluding carboxylic acids is 1. The van der Waals surface area contributed by atoms with Crippen LogP contribution >= 0.6 is 11.6 Å². The Balaban J connectivity index is 2.28. The number of rotatable bonds is 3. The van der Waals surface area contributed by atoms with Gasteiger partial charge in [0.25, 0.3) is 5.91 Å². The van der Waals surface area contributed by atoms with Gasteiger partial charge in [-0.05, 0) is 24.6 Å². The van der Waals surface area contributed by atoms with Crippen LogP contribution < -0.4 is 10.6 Å². The molecule has 19 heavy (non-hydrogen) atoms. The second-order valence-electron chi connectivity index (χ2n) is 3.94. The van der Waals surface area contributed by atoms with E-state index in [4.69, 9.17) is 11.6 Å². The molecular formula is C13H13ClN4O. The van der Waals surface area contributed by atoms with Gasteiger partial charge >= 0.3 is 0 Å². The first-order valence-electron chi connectivity index (χ1n) is 5.67. The Morgan fingerprint density at radius 2 is 2.16 bits per heavy atom. The van der Waals surface area contributed by atoms with Crippen molar-refractivity contribution in [2.75, 3.05) is 17.7 Å². The normalized spacial score (nSPS) is 10.1. The molecule has 0 saturated heterocycles. The van der Waals surface area contributed by atoms with Gasteiger partial charge in [-0.3, -0.25) is 9.78 Å². The van der Waals surface area contributed by atoms with E-state index in [2.05, 4.69) is 20.6 Å². The van der Waals surface area contributed by atoms with Crippen LogP contribution in [0.25, 0.3) is 0 Å². The number of aryl methyl sites for hydroxylation is 1. The first-order valence-corrected chi connectivity index (χ1v) is 6.05. The van der Waals surface area contributed by atoms with Crippen LogP contribution in [0.15, 0.2) is 30.7 Å². The monoisotopic (exact) mass is 276 g/mol. The fourth-order valence-corrected chi connectivity index (χ4v) is 1.72. The second-order valence-corrected chi connectivity index (χ2v) is 4.35. The van der Waals surface area contributed by atoms with Crippen LogP contribution in [-0.2, 0) is 0 Å². The molecule has 0 saturated carbocycles. The summed E-state index contributed by atoms with van der Waals surface area (Å²) in [7, 11) is 1.73. The summed E-state index contributed by atoms with van der Waals surface area (Å²) in [6.07, 6.45) is 4.71. The molecule has 0 aromatic carbocycles. The standard InChI is InChI=1S/C13H13ClN4O/c1-8-3-4-16-7-11(8)18-13(19)9-5-12(15-2)17-6-10(9)14/h3-7H,1-2H3,(H,15,17)(H,18,19). The Kier molecular flexibility index (Phi) is 3.97. The highest BCUT2D eigenvalue weighted by Gasteiger charge is 2.13. The van der Waals surface area contributed by atoms with Gasteiger partial charge in [0.1, 0.15) is 5.82 Å². The number of nitrogens with one attached hydrogen (secondary N) is 2. The predicted octanol–water partition coefficient (Wildman–Crippen LogP) is 2.73. The first-order chi connectivity index (χ1) is 9.11. The number of hydrogen-bond acceptors (Lipinski definition) is 4. The van der Waals surface area contributed by atoms with Crippen molar-refractivity contribution in [3.63, 3.8) is 0 Å². The Bertz CT molecular complexity index is 615. The topological polar surface area (TPSA) is 66.9 Å². The Labute approximate surface area is 116 Å². The quantitative estimate of drug-likeness (QED) is 0.905. The molecule has 0 atom stereocenters. The molecule has 2 aromatic rings. The van der Waals surface area contributed by atoms with Crippen LogP contribution in [0.2, 0.25) is 5.02 Å². The molecule has 0 aliphatic carbocycles. The van der Waals surface area contributed by atoms with Gasteiger partial charge < -0.3 is 10.6 Å². The van der Waals surface area contributed by atoms with Crippen molar-refractivity contribution in [1.82, 2.24) is 9.97 Å². The maximum Gasteiger partial charge on any atom is 0.257 e. The molecule has 6 heteroatoms. The highest BCUT2D eigenvalue weighted by Crippen LogP contribution is 2.20. The highest BCUT2D eigenvalue weighted by molar-refractivity contribution is 6.34. The predicted molar refractivity (Wildman–Crippen MR) is 75.7 cm³/mol. The van der Waals surface area contributed by atoms with Crippen molar-refractivity contribution in [3.05, 3.63) is 46.9 Å². The van der Waals surface area contributed by atoms with Crippen molar-refractivity contribution in [2.24, 2.45) is 0 Å². The van der Waals surface area contributed by atoms with Crippen LogP contribution in [0.1, 0.15) is 15.9 Å². The van der Waals surface area contributed by atoms with Gasteiger partial charge in [0, 0.05) is 19.4 Å². The summed E-state index contributed by atoms with van der Waals surface area (Å²) in [6.45, 7) is 1.89. The number of hydrogen-bond donors (Lipinski definition) is 2. The van der Waals surface area contributed by atoms with Crippen LogP contribution in [0.3, 0.4) is 0 Å². The fourth-order valence-electron chi connectivity index (χ4n) is 1.53. The molecule has 2 aromatic heterocycles. The molecule has 0 aliphatic rings. The van der Waals surface area contributed by atoms with Crippen LogP contribution in [-0.4, -0.2) is 22.9 Å². The summed E-state index contributed by atoms with van der Waals surface area (Å²) >= 11 is 5.99. The summed E-state index contributed by atoms with van der Waals surface area (Å²) in [4.78, 5) is 20.2. The van der Waals surface area contributed by atoms with E-state index in [-0.39, 0.29) is 5.91 Å². The Hall–Kier alpha value is -2.14. The lowest BCUT2D eigenvalue weighted by molar-refractivity contribution is 0.102. The van der Waals surface area contributed by atoms with Gasteiger partial charge in [0.2, 0.25) is 0 Å². The largest absolute Gasteiger partial charge is 0.373 e. The minimum Gasteiger partial charge on any atom is -0.373 e. The number of carbonyl (C=O) groups is 1. The molecule has 0 unspecified atom stereocenters. The molecular weight excluding hydrogens is 264 g/mol. The van der Waals surface area contributed by atoms with E-state index in [1.54, 1.807) is 25.5 Å². The maximum atomic E-state index is 12.2. The second kappa shape index (κ2) is 5.67. The molecule has 2 heterocycles. The third-order valence-corrected chi connectivity index (χ3v) is 2.94. The zero-order valence-electron chi connectivity index (χ0n) is 10.6. The molecule has 0 fully saturated rings. The Morgan fingerprint density at radius 1 is 1.37 bits per heavy atom. The number of anilines is 2. The lowest BCUT2D eigenvalue weighted by Gasteiger charge is -2.09. The third kappa shape index (κ3) is 3.00. The van der Waals surface area contributed by atoms with Gasteiger partial charge in [-0.1, -0.05) is 11.6 Å². The van der Waals surface area contributed by atoms with E-state index in [0.29, 0.717) is 22.1 Å². The lowest BCUT2D eigenvalue weighted by Crippen LogP contribution is -2.14. The van der Waals surface area contributed by atoms with Crippen LogP contribution in [0.5, 0.6) is 0 Å². The lowest BCUT2D eigenvalue weighted by atomic mass is 10.2. The zero-order chi connectivity index (χ0) is 13.8. The van der Waals surface area contributed by atoms with E-state index in [1.165, 1.54) is 6.20 Å². The average Bonchev–Trinajstić information content (AvgIpc) is 2.42. The fraction of sp³-hybridized carbons (Fsp3) is 0.154. The summed E-state index contributed by atoms with van der Waals surface area (Å²) < 4.78 is 0. The van der Waals surface area contributed by atoms with Gasteiger partial charge in [0.15, 0.2) is 0 Å². The van der Waals surface area contributed by atoms with Crippen molar-refractivity contribution < 1.29 is 4.79 Å². The highest BCUT2D eigenvalue weighted by atomic mass is 35.5. The zero-order valence-corrected chi connectivity index (χ0v) is 11.3. The van der Waals surface area contributed by atoms with Gasteiger partial charge in [0.05, 0.1) is 22.5 Å². The number of pyridine rings is 2. The summed E-state index contributed by atoms with van der Waals surface area (Å²) in [6, 6.07) is 3.42. The summed E-state index contributed by atoms with van der Waals surface area (Å²) in [5, 5.41) is 5.94. The average molecular weight is 277 g/mol. The number of halogens is 1. The van der Waals surface area contributed by atoms with E-state index in [1.807, 2.05) is 13.0 Å². The molecule has 2 N–H and O–H groups in total. The summed E-state index contributed by atoms with van der Waals surface area (Å²) in [5.41, 5.74) is 1.96. The van der Waals surface area contributed by atoms with Crippen molar-refractivity contribution in [3.8, 4) is 0 Å². The molecule has 1 amide bonds. The third-order valence-electron chi connectivity index (χ3n) is 2.64. The molecule has 0 radical (unpaired) electrons. The summed E-state index contributed by atoms with van der Waals surface area (Å²) in [5.74, 6) is 0.289. The minimum atomic E-state index is -0.292. The van der Waals surface area contributed by atoms with E-state index in [9.17, 15) is 4.79 Å². The molecule has 0 spiro atoms. The Morgan fingerprint density at radius 3 is 2.84 bits per heavy atom. The van der Waals surface area contributed by atoms with E-state index in [0.717, 1.165) is 5.56 Å². The molecule has 98 valence electrons. The smallest absolute Gasteiger partial charge is 0.257 e. The molecule has 0 bridgehead atoms. The van der Waals surface area contributed by atoms with Crippen molar-refractivity contribution >= 4 is 29.0 Å². The number of aromatic nitrogens is 2. The van der Waals surface area contributed by atoms with Crippen LogP contribution in [0.4, 0.5) is 11.5 Å². The first kappa shape index (κ1) is 13.3. The van der Waals surface area contributed by atoms with Gasteiger partial charge in [-0.2, -0.15) is 0 Å². The van der Waals surface area contributed by atoms with E-state index >= 15 is 0 Å². The minimum absolute atomic E-state index is 0.292. The van der Waals surface area contributed by atoms with Gasteiger partial charge in [-0.25, -0.2) is 4.98 Å². The SMILES string of the molecule is CNc1cc(C(=O)Nc2cnccc2C)c(Cl)cn1. The molecule has 2 rings (SSSR count). The molecule has 0 aliphatic heterocycles. The maximum absolute atomic E-state index is 12.2. The number of amides is 1. The van der Waals surface area contributed by atoms with Gasteiger partial charge in [-0.15, -0.1) is 0 Å². The molecule has 5 nitrogen and oxygen atoms in total. The van der Waals surface area contributed by atoms with Crippen molar-refractivity contribution in [2.45, 2.75) is 6.92 Å². The number of nitrogens with zero attached hydrogens (tertiary/aromatic N) is 2.